The number of nitrogen functional groups attached to an aromatic ring is 1. The standard InChI is InChI=1S/C11H9N3O3/c12-11-7-10(4-5-13-11)17-9-3-1-2-8(6-9)14(15)16/h1-7H,(H2,12,13). The molecule has 0 fully saturated rings. The highest BCUT2D eigenvalue weighted by Gasteiger charge is 2.07. The zero-order valence-corrected chi connectivity index (χ0v) is 8.74. The zero-order valence-electron chi connectivity index (χ0n) is 8.74. The summed E-state index contributed by atoms with van der Waals surface area (Å²) in [5.41, 5.74) is 5.47. The van der Waals surface area contributed by atoms with Gasteiger partial charge in [-0.15, -0.1) is 0 Å². The second-order valence-electron chi connectivity index (χ2n) is 3.27. The first-order chi connectivity index (χ1) is 8.15. The molecule has 0 aliphatic rings. The highest BCUT2D eigenvalue weighted by atomic mass is 16.6. The van der Waals surface area contributed by atoms with Crippen molar-refractivity contribution < 1.29 is 9.66 Å². The molecule has 2 rings (SSSR count). The molecule has 0 amide bonds. The summed E-state index contributed by atoms with van der Waals surface area (Å²) in [6.45, 7) is 0. The minimum absolute atomic E-state index is 0.0236. The summed E-state index contributed by atoms with van der Waals surface area (Å²) < 4.78 is 5.43. The third kappa shape index (κ3) is 2.69. The summed E-state index contributed by atoms with van der Waals surface area (Å²) in [5.74, 6) is 1.19. The van der Waals surface area contributed by atoms with Crippen LogP contribution in [0.2, 0.25) is 0 Å². The molecule has 1 aromatic carbocycles. The second-order valence-corrected chi connectivity index (χ2v) is 3.27. The van der Waals surface area contributed by atoms with E-state index in [1.54, 1.807) is 24.3 Å². The van der Waals surface area contributed by atoms with E-state index >= 15 is 0 Å². The summed E-state index contributed by atoms with van der Waals surface area (Å²) in [4.78, 5) is 13.9. The van der Waals surface area contributed by atoms with Crippen LogP contribution in [0.4, 0.5) is 11.5 Å². The zero-order chi connectivity index (χ0) is 12.3. The van der Waals surface area contributed by atoms with Gasteiger partial charge >= 0.3 is 0 Å². The van der Waals surface area contributed by atoms with Crippen LogP contribution in [-0.4, -0.2) is 9.91 Å². The Balaban J connectivity index is 2.24. The van der Waals surface area contributed by atoms with Crippen molar-refractivity contribution in [2.75, 3.05) is 5.73 Å². The molecule has 0 spiro atoms. The van der Waals surface area contributed by atoms with E-state index < -0.39 is 4.92 Å². The van der Waals surface area contributed by atoms with Crippen molar-refractivity contribution in [1.82, 2.24) is 4.98 Å². The van der Waals surface area contributed by atoms with Gasteiger partial charge in [-0.25, -0.2) is 4.98 Å². The lowest BCUT2D eigenvalue weighted by atomic mass is 10.3. The van der Waals surface area contributed by atoms with Crippen LogP contribution < -0.4 is 10.5 Å². The third-order valence-corrected chi connectivity index (χ3v) is 2.02. The fourth-order valence-corrected chi connectivity index (χ4v) is 1.29. The number of nitrogens with zero attached hydrogens (tertiary/aromatic N) is 2. The lowest BCUT2D eigenvalue weighted by Crippen LogP contribution is -1.92. The van der Waals surface area contributed by atoms with Gasteiger partial charge in [-0.1, -0.05) is 6.07 Å². The minimum Gasteiger partial charge on any atom is -0.457 e. The SMILES string of the molecule is Nc1cc(Oc2cccc([N+](=O)[O-])c2)ccn1. The van der Waals surface area contributed by atoms with E-state index in [0.29, 0.717) is 17.3 Å². The number of hydrogen-bond donors (Lipinski definition) is 1. The van der Waals surface area contributed by atoms with Gasteiger partial charge in [0.2, 0.25) is 0 Å². The Bertz CT molecular complexity index is 557. The molecule has 2 aromatic rings. The number of non-ortho nitro benzene ring substituents is 1. The number of nitro groups is 1. The highest BCUT2D eigenvalue weighted by Crippen LogP contribution is 2.25. The number of hydrogen-bond acceptors (Lipinski definition) is 5. The topological polar surface area (TPSA) is 91.3 Å². The number of benzene rings is 1. The van der Waals surface area contributed by atoms with E-state index in [4.69, 9.17) is 10.5 Å². The molecule has 1 heterocycles. The minimum atomic E-state index is -0.478. The average Bonchev–Trinajstić information content (AvgIpc) is 2.29. The van der Waals surface area contributed by atoms with Crippen LogP contribution in [0, 0.1) is 10.1 Å². The van der Waals surface area contributed by atoms with Crippen LogP contribution in [0.5, 0.6) is 11.5 Å². The molecule has 0 bridgehead atoms. The van der Waals surface area contributed by atoms with Crippen LogP contribution in [0.25, 0.3) is 0 Å². The molecule has 2 N–H and O–H groups in total. The monoisotopic (exact) mass is 231 g/mol. The number of aromatic nitrogens is 1. The van der Waals surface area contributed by atoms with Crippen molar-refractivity contribution in [1.29, 1.82) is 0 Å². The fraction of sp³-hybridized carbons (Fsp3) is 0. The number of ether oxygens (including phenoxy) is 1. The summed E-state index contributed by atoms with van der Waals surface area (Å²) in [7, 11) is 0. The molecule has 0 saturated carbocycles. The van der Waals surface area contributed by atoms with Gasteiger partial charge in [-0.3, -0.25) is 10.1 Å². The van der Waals surface area contributed by atoms with Gasteiger partial charge in [0.25, 0.3) is 5.69 Å². The average molecular weight is 231 g/mol. The number of pyridine rings is 1. The summed E-state index contributed by atoms with van der Waals surface area (Å²) in [5, 5.41) is 10.6. The van der Waals surface area contributed by atoms with Crippen LogP contribution in [-0.2, 0) is 0 Å². The van der Waals surface area contributed by atoms with Gasteiger partial charge < -0.3 is 10.5 Å². The largest absolute Gasteiger partial charge is 0.457 e. The summed E-state index contributed by atoms with van der Waals surface area (Å²) in [6.07, 6.45) is 1.50. The molecule has 0 aliphatic heterocycles. The maximum absolute atomic E-state index is 10.6. The van der Waals surface area contributed by atoms with Crippen molar-refractivity contribution in [3.63, 3.8) is 0 Å². The lowest BCUT2D eigenvalue weighted by Gasteiger charge is -2.05. The first-order valence-electron chi connectivity index (χ1n) is 4.79. The van der Waals surface area contributed by atoms with Crippen LogP contribution in [0.3, 0.4) is 0 Å². The van der Waals surface area contributed by atoms with E-state index in [-0.39, 0.29) is 5.69 Å². The van der Waals surface area contributed by atoms with Gasteiger partial charge in [-0.05, 0) is 12.1 Å². The third-order valence-electron chi connectivity index (χ3n) is 2.02. The van der Waals surface area contributed by atoms with E-state index in [1.807, 2.05) is 0 Å². The summed E-state index contributed by atoms with van der Waals surface area (Å²) >= 11 is 0. The molecule has 6 heteroatoms. The molecule has 0 saturated heterocycles. The molecule has 0 atom stereocenters. The Morgan fingerprint density at radius 2 is 2.00 bits per heavy atom. The Morgan fingerprint density at radius 1 is 1.24 bits per heavy atom. The van der Waals surface area contributed by atoms with E-state index in [9.17, 15) is 10.1 Å². The van der Waals surface area contributed by atoms with Crippen molar-refractivity contribution in [2.24, 2.45) is 0 Å². The smallest absolute Gasteiger partial charge is 0.273 e. The maximum atomic E-state index is 10.6. The van der Waals surface area contributed by atoms with E-state index in [2.05, 4.69) is 4.98 Å². The Morgan fingerprint density at radius 3 is 2.71 bits per heavy atom. The van der Waals surface area contributed by atoms with Crippen molar-refractivity contribution in [3.05, 3.63) is 52.7 Å². The predicted molar refractivity (Wildman–Crippen MR) is 61.8 cm³/mol. The van der Waals surface area contributed by atoms with Gasteiger partial charge in [0.15, 0.2) is 0 Å². The van der Waals surface area contributed by atoms with Crippen LogP contribution >= 0.6 is 0 Å². The van der Waals surface area contributed by atoms with Gasteiger partial charge in [0, 0.05) is 18.3 Å². The fourth-order valence-electron chi connectivity index (χ4n) is 1.29. The molecule has 6 nitrogen and oxygen atoms in total. The molecule has 0 unspecified atom stereocenters. The van der Waals surface area contributed by atoms with E-state index in [1.165, 1.54) is 18.3 Å². The van der Waals surface area contributed by atoms with E-state index in [0.717, 1.165) is 0 Å². The van der Waals surface area contributed by atoms with Crippen molar-refractivity contribution in [2.45, 2.75) is 0 Å². The number of rotatable bonds is 3. The van der Waals surface area contributed by atoms with Crippen molar-refractivity contribution in [3.8, 4) is 11.5 Å². The van der Waals surface area contributed by atoms with Gasteiger partial charge in [-0.2, -0.15) is 0 Å². The second kappa shape index (κ2) is 4.48. The van der Waals surface area contributed by atoms with Gasteiger partial charge in [0.05, 0.1) is 11.0 Å². The lowest BCUT2D eigenvalue weighted by molar-refractivity contribution is -0.384. The quantitative estimate of drug-likeness (QED) is 0.646. The predicted octanol–water partition coefficient (Wildman–Crippen LogP) is 2.36. The number of nitro benzene ring substituents is 1. The first-order valence-corrected chi connectivity index (χ1v) is 4.79. The number of nitrogens with two attached hydrogens (primary N) is 1. The molecular formula is C11H9N3O3. The number of anilines is 1. The first kappa shape index (κ1) is 10.9. The maximum Gasteiger partial charge on any atom is 0.273 e. The molecule has 0 radical (unpaired) electrons. The Hall–Kier alpha value is -2.63. The molecular weight excluding hydrogens is 222 g/mol. The normalized spacial score (nSPS) is 9.88. The summed E-state index contributed by atoms with van der Waals surface area (Å²) in [6, 6.07) is 9.08. The van der Waals surface area contributed by atoms with Gasteiger partial charge in [0.1, 0.15) is 17.3 Å². The molecule has 17 heavy (non-hydrogen) atoms. The highest BCUT2D eigenvalue weighted by molar-refractivity contribution is 5.42. The Kier molecular flexibility index (Phi) is 2.87. The van der Waals surface area contributed by atoms with Crippen molar-refractivity contribution >= 4 is 11.5 Å². The molecule has 0 aliphatic carbocycles. The molecule has 86 valence electrons. The van der Waals surface area contributed by atoms with Crippen LogP contribution in [0.1, 0.15) is 0 Å². The Labute approximate surface area is 96.8 Å². The van der Waals surface area contributed by atoms with Crippen LogP contribution in [0.15, 0.2) is 42.6 Å². The molecule has 1 aromatic heterocycles.